The van der Waals surface area contributed by atoms with Gasteiger partial charge in [0.2, 0.25) is 5.91 Å². The number of carboxylic acids is 1. The molecular weight excluding hydrogens is 278 g/mol. The van der Waals surface area contributed by atoms with Crippen LogP contribution >= 0.6 is 0 Å². The summed E-state index contributed by atoms with van der Waals surface area (Å²) in [5.41, 5.74) is 0. The maximum Gasteiger partial charge on any atom is 0.327 e. The lowest BCUT2D eigenvalue weighted by molar-refractivity contribution is -0.142. The first kappa shape index (κ1) is 15.0. The number of carbonyl (C=O) groups excluding carboxylic acids is 3. The van der Waals surface area contributed by atoms with Gasteiger partial charge >= 0.3 is 12.0 Å². The van der Waals surface area contributed by atoms with Gasteiger partial charge in [0.1, 0.15) is 6.04 Å². The van der Waals surface area contributed by atoms with E-state index in [2.05, 4.69) is 6.58 Å². The Morgan fingerprint density at radius 2 is 2.00 bits per heavy atom. The summed E-state index contributed by atoms with van der Waals surface area (Å²) in [5.74, 6) is -1.68. The van der Waals surface area contributed by atoms with Gasteiger partial charge in [-0.25, -0.2) is 4.79 Å². The highest BCUT2D eigenvalue weighted by Crippen LogP contribution is 2.22. The van der Waals surface area contributed by atoms with Crippen LogP contribution < -0.4 is 0 Å². The average Bonchev–Trinajstić information content (AvgIpc) is 2.70. The van der Waals surface area contributed by atoms with E-state index in [9.17, 15) is 19.2 Å². The minimum atomic E-state index is -1.04. The van der Waals surface area contributed by atoms with Gasteiger partial charge in [-0.2, -0.15) is 0 Å². The van der Waals surface area contributed by atoms with Crippen LogP contribution in [0.5, 0.6) is 0 Å². The van der Waals surface area contributed by atoms with E-state index in [-0.39, 0.29) is 50.3 Å². The number of piperazine rings is 1. The van der Waals surface area contributed by atoms with Crippen LogP contribution in [0, 0.1) is 0 Å². The second-order valence-corrected chi connectivity index (χ2v) is 4.96. The van der Waals surface area contributed by atoms with E-state index in [0.29, 0.717) is 6.54 Å². The average molecular weight is 295 g/mol. The molecule has 0 bridgehead atoms. The van der Waals surface area contributed by atoms with E-state index in [1.165, 1.54) is 15.9 Å². The molecule has 0 saturated carbocycles. The number of fused-ring (bicyclic) bond motifs is 1. The zero-order valence-corrected chi connectivity index (χ0v) is 11.5. The van der Waals surface area contributed by atoms with E-state index < -0.39 is 12.0 Å². The molecule has 0 unspecified atom stereocenters. The predicted molar refractivity (Wildman–Crippen MR) is 71.2 cm³/mol. The first-order chi connectivity index (χ1) is 9.95. The summed E-state index contributed by atoms with van der Waals surface area (Å²) in [4.78, 5) is 50.6. The van der Waals surface area contributed by atoms with Crippen LogP contribution in [0.15, 0.2) is 12.7 Å². The summed E-state index contributed by atoms with van der Waals surface area (Å²) in [7, 11) is 0. The largest absolute Gasteiger partial charge is 0.481 e. The van der Waals surface area contributed by atoms with Gasteiger partial charge in [0, 0.05) is 26.1 Å². The van der Waals surface area contributed by atoms with Crippen molar-refractivity contribution in [2.75, 3.05) is 26.2 Å². The zero-order valence-electron chi connectivity index (χ0n) is 11.5. The third kappa shape index (κ3) is 2.88. The third-order valence-electron chi connectivity index (χ3n) is 3.63. The molecule has 21 heavy (non-hydrogen) atoms. The molecular formula is C13H17N3O5. The van der Waals surface area contributed by atoms with E-state index in [1.54, 1.807) is 0 Å². The van der Waals surface area contributed by atoms with Gasteiger partial charge in [-0.3, -0.25) is 19.3 Å². The Labute approximate surface area is 121 Å². The first-order valence-corrected chi connectivity index (χ1v) is 6.68. The monoisotopic (exact) mass is 295 g/mol. The Morgan fingerprint density at radius 3 is 2.62 bits per heavy atom. The Morgan fingerprint density at radius 1 is 1.29 bits per heavy atom. The van der Waals surface area contributed by atoms with Gasteiger partial charge in [0.25, 0.3) is 5.91 Å². The number of imide groups is 1. The molecule has 2 saturated heterocycles. The summed E-state index contributed by atoms with van der Waals surface area (Å²) in [6.07, 6.45) is 1.14. The summed E-state index contributed by atoms with van der Waals surface area (Å²) < 4.78 is 0. The molecule has 0 spiro atoms. The quantitative estimate of drug-likeness (QED) is 0.545. The fraction of sp³-hybridized carbons (Fsp3) is 0.538. The van der Waals surface area contributed by atoms with Crippen molar-refractivity contribution in [1.29, 1.82) is 0 Å². The van der Waals surface area contributed by atoms with Gasteiger partial charge in [-0.15, -0.1) is 6.58 Å². The van der Waals surface area contributed by atoms with E-state index in [0.717, 1.165) is 4.90 Å². The minimum Gasteiger partial charge on any atom is -0.481 e. The van der Waals surface area contributed by atoms with Gasteiger partial charge in [0.05, 0.1) is 13.0 Å². The van der Waals surface area contributed by atoms with Gasteiger partial charge < -0.3 is 14.9 Å². The summed E-state index contributed by atoms with van der Waals surface area (Å²) in [6, 6.07) is -1.03. The fourth-order valence-corrected chi connectivity index (χ4v) is 2.55. The van der Waals surface area contributed by atoms with Crippen LogP contribution in [0.25, 0.3) is 0 Å². The molecule has 1 N–H and O–H groups in total. The zero-order chi connectivity index (χ0) is 15.6. The van der Waals surface area contributed by atoms with Crippen molar-refractivity contribution in [2.24, 2.45) is 0 Å². The normalized spacial score (nSPS) is 21.5. The van der Waals surface area contributed by atoms with E-state index >= 15 is 0 Å². The maximum atomic E-state index is 12.2. The molecule has 2 aliphatic rings. The molecule has 0 aliphatic carbocycles. The fourth-order valence-electron chi connectivity index (χ4n) is 2.55. The number of aliphatic carboxylic acids is 1. The molecule has 4 amide bonds. The number of carboxylic acid groups (broad SMARTS) is 1. The third-order valence-corrected chi connectivity index (χ3v) is 3.63. The second kappa shape index (κ2) is 5.94. The molecule has 0 aromatic heterocycles. The van der Waals surface area contributed by atoms with E-state index in [4.69, 9.17) is 5.11 Å². The molecule has 0 radical (unpaired) electrons. The SMILES string of the molecule is C=CCN1C(=O)[C@@H]2CN(C(=O)CCC(=O)O)CCN2C1=O. The lowest BCUT2D eigenvalue weighted by atomic mass is 10.1. The number of carbonyl (C=O) groups is 4. The lowest BCUT2D eigenvalue weighted by Gasteiger charge is -2.35. The Kier molecular flexibility index (Phi) is 4.25. The number of hydrogen-bond donors (Lipinski definition) is 1. The Balaban J connectivity index is 2.01. The second-order valence-electron chi connectivity index (χ2n) is 4.96. The van der Waals surface area contributed by atoms with Crippen molar-refractivity contribution in [3.63, 3.8) is 0 Å². The molecule has 8 heteroatoms. The number of nitrogens with zero attached hydrogens (tertiary/aromatic N) is 3. The van der Waals surface area contributed by atoms with Gasteiger partial charge in [0.15, 0.2) is 0 Å². The van der Waals surface area contributed by atoms with Crippen LogP contribution in [0.4, 0.5) is 4.79 Å². The highest BCUT2D eigenvalue weighted by Gasteiger charge is 2.47. The van der Waals surface area contributed by atoms with E-state index in [1.807, 2.05) is 0 Å². The molecule has 8 nitrogen and oxygen atoms in total. The van der Waals surface area contributed by atoms with Gasteiger partial charge in [-0.05, 0) is 0 Å². The van der Waals surface area contributed by atoms with Crippen molar-refractivity contribution in [2.45, 2.75) is 18.9 Å². The summed E-state index contributed by atoms with van der Waals surface area (Å²) in [6.45, 7) is 4.38. The smallest absolute Gasteiger partial charge is 0.327 e. The molecule has 0 aromatic rings. The van der Waals surface area contributed by atoms with Crippen molar-refractivity contribution >= 4 is 23.8 Å². The molecule has 1 atom stereocenters. The number of urea groups is 1. The van der Waals surface area contributed by atoms with Crippen molar-refractivity contribution < 1.29 is 24.3 Å². The van der Waals surface area contributed by atoms with Crippen LogP contribution in [-0.2, 0) is 14.4 Å². The van der Waals surface area contributed by atoms with Crippen molar-refractivity contribution in [3.05, 3.63) is 12.7 Å². The van der Waals surface area contributed by atoms with Crippen LogP contribution in [0.1, 0.15) is 12.8 Å². The minimum absolute atomic E-state index is 0.0967. The number of hydrogen-bond acceptors (Lipinski definition) is 4. The molecule has 0 aromatic carbocycles. The highest BCUT2D eigenvalue weighted by atomic mass is 16.4. The first-order valence-electron chi connectivity index (χ1n) is 6.68. The van der Waals surface area contributed by atoms with Crippen LogP contribution in [-0.4, -0.2) is 75.8 Å². The Hall–Kier alpha value is -2.38. The maximum absolute atomic E-state index is 12.2. The molecule has 2 rings (SSSR count). The van der Waals surface area contributed by atoms with Crippen molar-refractivity contribution in [3.8, 4) is 0 Å². The van der Waals surface area contributed by atoms with Gasteiger partial charge in [-0.1, -0.05) is 6.08 Å². The number of rotatable bonds is 5. The Bertz CT molecular complexity index is 504. The van der Waals surface area contributed by atoms with Crippen molar-refractivity contribution in [1.82, 2.24) is 14.7 Å². The molecule has 2 fully saturated rings. The predicted octanol–water partition coefficient (Wildman–Crippen LogP) is -0.488. The highest BCUT2D eigenvalue weighted by molar-refractivity contribution is 6.05. The summed E-state index contributed by atoms with van der Waals surface area (Å²) in [5, 5.41) is 8.59. The molecule has 2 heterocycles. The standard InChI is InChI=1S/C13H17N3O5/c1-2-5-16-12(20)9-8-14(6-7-15(9)13(16)21)10(17)3-4-11(18)19/h2,9H,1,3-8H2,(H,18,19)/t9-/m0/s1. The summed E-state index contributed by atoms with van der Waals surface area (Å²) >= 11 is 0. The molecule has 114 valence electrons. The number of amides is 4. The topological polar surface area (TPSA) is 98.2 Å². The van der Waals surface area contributed by atoms with Crippen LogP contribution in [0.2, 0.25) is 0 Å². The molecule has 2 aliphatic heterocycles. The van der Waals surface area contributed by atoms with Crippen LogP contribution in [0.3, 0.4) is 0 Å². The lowest BCUT2D eigenvalue weighted by Crippen LogP contribution is -2.54.